The van der Waals surface area contributed by atoms with Gasteiger partial charge in [-0.05, 0) is 35.0 Å². The van der Waals surface area contributed by atoms with E-state index in [-0.39, 0.29) is 23.0 Å². The summed E-state index contributed by atoms with van der Waals surface area (Å²) in [7, 11) is 2.50. The van der Waals surface area contributed by atoms with Crippen molar-refractivity contribution in [2.24, 2.45) is 0 Å². The first kappa shape index (κ1) is 17.3. The van der Waals surface area contributed by atoms with Crippen molar-refractivity contribution >= 4 is 23.7 Å². The predicted molar refractivity (Wildman–Crippen MR) is 87.1 cm³/mol. The lowest BCUT2D eigenvalue weighted by molar-refractivity contribution is -0.136. The zero-order chi connectivity index (χ0) is 18.8. The molecule has 2 aromatic rings. The van der Waals surface area contributed by atoms with E-state index in [1.54, 1.807) is 24.3 Å². The number of esters is 2. The number of Topliss-reactive ketones (excluding diaryl/α,β-unsaturated/α-hetero) is 1. The number of carbonyl (C=O) groups is 3. The third-order valence-electron chi connectivity index (χ3n) is 3.93. The Morgan fingerprint density at radius 1 is 1.08 bits per heavy atom. The number of benzene rings is 1. The molecule has 1 atom stereocenters. The van der Waals surface area contributed by atoms with Gasteiger partial charge in [0.15, 0.2) is 5.78 Å². The topological polar surface area (TPSA) is 125 Å². The van der Waals surface area contributed by atoms with Crippen molar-refractivity contribution in [1.82, 2.24) is 20.2 Å². The van der Waals surface area contributed by atoms with Gasteiger partial charge >= 0.3 is 11.9 Å². The molecule has 1 aromatic heterocycles. The first-order valence-electron chi connectivity index (χ1n) is 7.54. The molecular formula is C16H15N5O5. The van der Waals surface area contributed by atoms with Crippen molar-refractivity contribution in [2.45, 2.75) is 13.0 Å². The van der Waals surface area contributed by atoms with E-state index in [2.05, 4.69) is 25.6 Å². The van der Waals surface area contributed by atoms with Crippen LogP contribution in [0, 0.1) is 0 Å². The second kappa shape index (κ2) is 6.75. The van der Waals surface area contributed by atoms with Gasteiger partial charge < -0.3 is 14.8 Å². The monoisotopic (exact) mass is 357 g/mol. The summed E-state index contributed by atoms with van der Waals surface area (Å²) in [5.74, 6) is -1.35. The SMILES string of the molecule is COC(=O)C1=C(C(C)=O)[C@H](c2ccc(C(=O)OC)cc2)n2nnnc2N1. The summed E-state index contributed by atoms with van der Waals surface area (Å²) in [6.45, 7) is 1.34. The van der Waals surface area contributed by atoms with Crippen LogP contribution in [0.15, 0.2) is 35.5 Å². The molecule has 0 radical (unpaired) electrons. The number of anilines is 1. The van der Waals surface area contributed by atoms with E-state index in [9.17, 15) is 14.4 Å². The number of nitrogens with one attached hydrogen (secondary N) is 1. The van der Waals surface area contributed by atoms with Gasteiger partial charge in [0.05, 0.1) is 25.4 Å². The molecule has 0 spiro atoms. The number of hydrogen-bond donors (Lipinski definition) is 1. The Morgan fingerprint density at radius 2 is 1.73 bits per heavy atom. The molecule has 10 heteroatoms. The molecule has 2 heterocycles. The van der Waals surface area contributed by atoms with Crippen molar-refractivity contribution in [3.05, 3.63) is 46.7 Å². The van der Waals surface area contributed by atoms with E-state index >= 15 is 0 Å². The van der Waals surface area contributed by atoms with Gasteiger partial charge in [0.2, 0.25) is 5.95 Å². The fourth-order valence-corrected chi connectivity index (χ4v) is 2.75. The van der Waals surface area contributed by atoms with Gasteiger partial charge in [0, 0.05) is 0 Å². The lowest BCUT2D eigenvalue weighted by Gasteiger charge is -2.27. The van der Waals surface area contributed by atoms with Gasteiger partial charge in [0.1, 0.15) is 11.7 Å². The summed E-state index contributed by atoms with van der Waals surface area (Å²) >= 11 is 0. The molecule has 0 bridgehead atoms. The molecule has 1 N–H and O–H groups in total. The Morgan fingerprint density at radius 3 is 2.31 bits per heavy atom. The standard InChI is InChI=1S/C16H15N5O5/c1-8(22)11-12(15(24)26-3)17-16-18-19-20-21(16)13(11)9-4-6-10(7-5-9)14(23)25-2/h4-7,13H,1-3H3,(H,17,18,20)/t13-/m0/s1. The number of rotatable bonds is 4. The third-order valence-corrected chi connectivity index (χ3v) is 3.93. The van der Waals surface area contributed by atoms with Crippen LogP contribution in [0.1, 0.15) is 28.9 Å². The van der Waals surface area contributed by atoms with Crippen molar-refractivity contribution in [3.63, 3.8) is 0 Å². The maximum atomic E-state index is 12.3. The summed E-state index contributed by atoms with van der Waals surface area (Å²) < 4.78 is 10.8. The van der Waals surface area contributed by atoms with E-state index in [1.165, 1.54) is 25.8 Å². The van der Waals surface area contributed by atoms with E-state index in [4.69, 9.17) is 4.74 Å². The van der Waals surface area contributed by atoms with Crippen LogP contribution in [-0.4, -0.2) is 52.1 Å². The highest BCUT2D eigenvalue weighted by atomic mass is 16.5. The smallest absolute Gasteiger partial charge is 0.355 e. The number of hydrogen-bond acceptors (Lipinski definition) is 9. The van der Waals surface area contributed by atoms with Crippen LogP contribution in [0.25, 0.3) is 0 Å². The van der Waals surface area contributed by atoms with Crippen LogP contribution in [0.2, 0.25) is 0 Å². The maximum absolute atomic E-state index is 12.3. The lowest BCUT2D eigenvalue weighted by atomic mass is 9.92. The number of tetrazole rings is 1. The fourth-order valence-electron chi connectivity index (χ4n) is 2.75. The van der Waals surface area contributed by atoms with Crippen molar-refractivity contribution in [2.75, 3.05) is 19.5 Å². The van der Waals surface area contributed by atoms with Crippen LogP contribution in [0.4, 0.5) is 5.95 Å². The molecule has 3 rings (SSSR count). The van der Waals surface area contributed by atoms with E-state index in [0.717, 1.165) is 0 Å². The number of aromatic nitrogens is 4. The Hall–Kier alpha value is -3.56. The lowest BCUT2D eigenvalue weighted by Crippen LogP contribution is -2.32. The van der Waals surface area contributed by atoms with Gasteiger partial charge in [-0.25, -0.2) is 9.59 Å². The highest BCUT2D eigenvalue weighted by Gasteiger charge is 2.36. The molecule has 0 saturated heterocycles. The maximum Gasteiger partial charge on any atom is 0.355 e. The molecule has 1 aromatic carbocycles. The minimum atomic E-state index is -0.750. The molecule has 26 heavy (non-hydrogen) atoms. The number of allylic oxidation sites excluding steroid dienone is 1. The number of carbonyl (C=O) groups excluding carboxylic acids is 3. The summed E-state index contributed by atoms with van der Waals surface area (Å²) in [6, 6.07) is 5.66. The van der Waals surface area contributed by atoms with Crippen LogP contribution in [0.5, 0.6) is 0 Å². The van der Waals surface area contributed by atoms with Gasteiger partial charge in [-0.2, -0.15) is 4.68 Å². The van der Waals surface area contributed by atoms with Crippen molar-refractivity contribution in [3.8, 4) is 0 Å². The van der Waals surface area contributed by atoms with Crippen LogP contribution in [0.3, 0.4) is 0 Å². The highest BCUT2D eigenvalue weighted by molar-refractivity contribution is 6.06. The largest absolute Gasteiger partial charge is 0.465 e. The normalized spacial score (nSPS) is 15.7. The summed E-state index contributed by atoms with van der Waals surface area (Å²) in [5.41, 5.74) is 1.09. The average molecular weight is 357 g/mol. The molecule has 134 valence electrons. The second-order valence-corrected chi connectivity index (χ2v) is 5.42. The van der Waals surface area contributed by atoms with Crippen molar-refractivity contribution in [1.29, 1.82) is 0 Å². The first-order valence-corrected chi connectivity index (χ1v) is 7.54. The predicted octanol–water partition coefficient (Wildman–Crippen LogP) is 0.491. The molecule has 0 fully saturated rings. The van der Waals surface area contributed by atoms with Crippen LogP contribution in [-0.2, 0) is 19.1 Å². The molecule has 1 aliphatic rings. The minimum Gasteiger partial charge on any atom is -0.465 e. The molecule has 0 saturated carbocycles. The number of nitrogens with zero attached hydrogens (tertiary/aromatic N) is 4. The summed E-state index contributed by atoms with van der Waals surface area (Å²) in [4.78, 5) is 36.1. The first-order chi connectivity index (χ1) is 12.5. The zero-order valence-electron chi connectivity index (χ0n) is 14.2. The van der Waals surface area contributed by atoms with Gasteiger partial charge in [-0.1, -0.05) is 17.2 Å². The Labute approximate surface area is 147 Å². The number of ketones is 1. The Balaban J connectivity index is 2.16. The second-order valence-electron chi connectivity index (χ2n) is 5.42. The zero-order valence-corrected chi connectivity index (χ0v) is 14.2. The Kier molecular flexibility index (Phi) is 4.48. The molecule has 0 unspecified atom stereocenters. The molecule has 1 aliphatic heterocycles. The summed E-state index contributed by atoms with van der Waals surface area (Å²) in [5, 5.41) is 14.0. The highest BCUT2D eigenvalue weighted by Crippen LogP contribution is 2.35. The third kappa shape index (κ3) is 2.81. The van der Waals surface area contributed by atoms with Gasteiger partial charge in [-0.15, -0.1) is 0 Å². The van der Waals surface area contributed by atoms with Crippen molar-refractivity contribution < 1.29 is 23.9 Å². The van der Waals surface area contributed by atoms with E-state index in [0.29, 0.717) is 11.1 Å². The molecule has 0 aliphatic carbocycles. The number of methoxy groups -OCH3 is 2. The average Bonchev–Trinajstić information content (AvgIpc) is 3.13. The molecule has 0 amide bonds. The van der Waals surface area contributed by atoms with E-state index < -0.39 is 18.0 Å². The molecule has 10 nitrogen and oxygen atoms in total. The molecular weight excluding hydrogens is 342 g/mol. The minimum absolute atomic E-state index is 0.0238. The Bertz CT molecular complexity index is 915. The van der Waals surface area contributed by atoms with Gasteiger partial charge in [0.25, 0.3) is 0 Å². The van der Waals surface area contributed by atoms with Crippen LogP contribution < -0.4 is 5.32 Å². The quantitative estimate of drug-likeness (QED) is 0.778. The summed E-state index contributed by atoms with van der Waals surface area (Å²) in [6.07, 6.45) is 0. The fraction of sp³-hybridized carbons (Fsp3) is 0.250. The number of ether oxygens (including phenoxy) is 2. The number of fused-ring (bicyclic) bond motifs is 1. The van der Waals surface area contributed by atoms with Crippen LogP contribution >= 0.6 is 0 Å². The van der Waals surface area contributed by atoms with E-state index in [1.807, 2.05) is 0 Å². The van der Waals surface area contributed by atoms with Gasteiger partial charge in [-0.3, -0.25) is 4.79 Å².